The molecule has 0 bridgehead atoms. The Bertz CT molecular complexity index is 584. The Balaban J connectivity index is 2.11. The number of hydrogen-bond acceptors (Lipinski definition) is 4. The SMILES string of the molecule is CN1CC(C(=O)Nc2ccc(O)c(C(=O)O)c2)CC1=O. The summed E-state index contributed by atoms with van der Waals surface area (Å²) in [5, 5.41) is 20.8. The lowest BCUT2D eigenvalue weighted by Gasteiger charge is -2.11. The smallest absolute Gasteiger partial charge is 0.339 e. The van der Waals surface area contributed by atoms with Gasteiger partial charge in [-0.3, -0.25) is 9.59 Å². The van der Waals surface area contributed by atoms with Crippen LogP contribution in [0.4, 0.5) is 5.69 Å². The normalized spacial score (nSPS) is 18.1. The lowest BCUT2D eigenvalue weighted by molar-refractivity contribution is -0.127. The number of carbonyl (C=O) groups excluding carboxylic acids is 2. The molecular weight excluding hydrogens is 264 g/mol. The number of nitrogens with one attached hydrogen (secondary N) is 1. The van der Waals surface area contributed by atoms with Gasteiger partial charge in [0.2, 0.25) is 11.8 Å². The zero-order chi connectivity index (χ0) is 14.9. The van der Waals surface area contributed by atoms with Gasteiger partial charge in [-0.2, -0.15) is 0 Å². The van der Waals surface area contributed by atoms with Crippen LogP contribution in [0.15, 0.2) is 18.2 Å². The van der Waals surface area contributed by atoms with E-state index in [-0.39, 0.29) is 35.2 Å². The number of hydrogen-bond donors (Lipinski definition) is 3. The van der Waals surface area contributed by atoms with Crippen LogP contribution >= 0.6 is 0 Å². The molecule has 1 aromatic carbocycles. The van der Waals surface area contributed by atoms with E-state index in [0.717, 1.165) is 0 Å². The maximum absolute atomic E-state index is 12.0. The summed E-state index contributed by atoms with van der Waals surface area (Å²) in [5.41, 5.74) is -0.0189. The fraction of sp³-hybridized carbons (Fsp3) is 0.308. The Kier molecular flexibility index (Phi) is 3.60. The van der Waals surface area contributed by atoms with E-state index in [0.29, 0.717) is 6.54 Å². The summed E-state index contributed by atoms with van der Waals surface area (Å²) in [4.78, 5) is 35.7. The fourth-order valence-electron chi connectivity index (χ4n) is 2.07. The molecule has 1 aliphatic heterocycles. The van der Waals surface area contributed by atoms with Gasteiger partial charge < -0.3 is 20.4 Å². The molecular formula is C13H14N2O5. The van der Waals surface area contributed by atoms with Gasteiger partial charge in [0.15, 0.2) is 0 Å². The van der Waals surface area contributed by atoms with Gasteiger partial charge in [0, 0.05) is 25.7 Å². The summed E-state index contributed by atoms with van der Waals surface area (Å²) >= 11 is 0. The molecule has 0 aliphatic carbocycles. The molecule has 3 N–H and O–H groups in total. The van der Waals surface area contributed by atoms with Crippen LogP contribution in [0.1, 0.15) is 16.8 Å². The summed E-state index contributed by atoms with van der Waals surface area (Å²) in [5.74, 6) is -2.54. The van der Waals surface area contributed by atoms with E-state index in [4.69, 9.17) is 5.11 Å². The number of carbonyl (C=O) groups is 3. The molecule has 7 heteroatoms. The predicted octanol–water partition coefficient (Wildman–Crippen LogP) is 0.507. The first-order chi connectivity index (χ1) is 9.38. The molecule has 0 saturated carbocycles. The summed E-state index contributed by atoms with van der Waals surface area (Å²) < 4.78 is 0. The number of carboxylic acid groups (broad SMARTS) is 1. The second kappa shape index (κ2) is 5.20. The topological polar surface area (TPSA) is 107 Å². The van der Waals surface area contributed by atoms with Gasteiger partial charge in [0.05, 0.1) is 5.92 Å². The van der Waals surface area contributed by atoms with E-state index in [2.05, 4.69) is 5.32 Å². The maximum Gasteiger partial charge on any atom is 0.339 e. The first-order valence-corrected chi connectivity index (χ1v) is 5.99. The number of phenols is 1. The van der Waals surface area contributed by atoms with Crippen LogP contribution in [0, 0.1) is 5.92 Å². The first-order valence-electron chi connectivity index (χ1n) is 5.99. The molecule has 1 atom stereocenters. The van der Waals surface area contributed by atoms with Crippen LogP contribution in [0.3, 0.4) is 0 Å². The second-order valence-corrected chi connectivity index (χ2v) is 4.70. The summed E-state index contributed by atoms with van der Waals surface area (Å²) in [7, 11) is 1.62. The van der Waals surface area contributed by atoms with E-state index >= 15 is 0 Å². The van der Waals surface area contributed by atoms with E-state index in [1.165, 1.54) is 23.1 Å². The standard InChI is InChI=1S/C13H14N2O5/c1-15-6-7(4-11(15)17)12(18)14-8-2-3-10(16)9(5-8)13(19)20/h2-3,5,7,16H,4,6H2,1H3,(H,14,18)(H,19,20). The molecule has 1 fully saturated rings. The van der Waals surface area contributed by atoms with E-state index in [1.54, 1.807) is 7.05 Å². The average Bonchev–Trinajstić information content (AvgIpc) is 2.72. The van der Waals surface area contributed by atoms with Crippen LogP contribution in [0.5, 0.6) is 5.75 Å². The second-order valence-electron chi connectivity index (χ2n) is 4.70. The zero-order valence-electron chi connectivity index (χ0n) is 10.8. The van der Waals surface area contributed by atoms with Gasteiger partial charge in [-0.25, -0.2) is 4.79 Å². The number of aromatic carboxylic acids is 1. The van der Waals surface area contributed by atoms with Gasteiger partial charge in [0.25, 0.3) is 0 Å². The molecule has 1 unspecified atom stereocenters. The molecule has 1 aromatic rings. The van der Waals surface area contributed by atoms with Crippen LogP contribution in [-0.4, -0.2) is 46.5 Å². The molecule has 1 saturated heterocycles. The molecule has 106 valence electrons. The number of nitrogens with zero attached hydrogens (tertiary/aromatic N) is 1. The minimum Gasteiger partial charge on any atom is -0.507 e. The van der Waals surface area contributed by atoms with Crippen LogP contribution < -0.4 is 5.32 Å². The van der Waals surface area contributed by atoms with Gasteiger partial charge in [-0.15, -0.1) is 0 Å². The molecule has 1 aliphatic rings. The van der Waals surface area contributed by atoms with Crippen molar-refractivity contribution < 1.29 is 24.6 Å². The van der Waals surface area contributed by atoms with Crippen molar-refractivity contribution in [2.45, 2.75) is 6.42 Å². The van der Waals surface area contributed by atoms with Crippen molar-refractivity contribution in [3.05, 3.63) is 23.8 Å². The van der Waals surface area contributed by atoms with Crippen molar-refractivity contribution in [1.29, 1.82) is 0 Å². The highest BCUT2D eigenvalue weighted by molar-refractivity contribution is 5.99. The maximum atomic E-state index is 12.0. The third-order valence-corrected chi connectivity index (χ3v) is 3.21. The zero-order valence-corrected chi connectivity index (χ0v) is 10.8. The van der Waals surface area contributed by atoms with E-state index in [9.17, 15) is 19.5 Å². The van der Waals surface area contributed by atoms with Crippen molar-refractivity contribution in [3.63, 3.8) is 0 Å². The number of carboxylic acids is 1. The third-order valence-electron chi connectivity index (χ3n) is 3.21. The van der Waals surface area contributed by atoms with Gasteiger partial charge in [-0.1, -0.05) is 0 Å². The average molecular weight is 278 g/mol. The Labute approximate surface area is 114 Å². The van der Waals surface area contributed by atoms with Crippen LogP contribution in [0.25, 0.3) is 0 Å². The minimum atomic E-state index is -1.28. The highest BCUT2D eigenvalue weighted by Gasteiger charge is 2.32. The van der Waals surface area contributed by atoms with Crippen molar-refractivity contribution in [2.75, 3.05) is 18.9 Å². The Morgan fingerprint density at radius 1 is 1.40 bits per heavy atom. The molecule has 2 rings (SSSR count). The monoisotopic (exact) mass is 278 g/mol. The Morgan fingerprint density at radius 2 is 2.10 bits per heavy atom. The summed E-state index contributed by atoms with van der Waals surface area (Å²) in [6.07, 6.45) is 0.145. The van der Waals surface area contributed by atoms with Gasteiger partial charge in [-0.05, 0) is 18.2 Å². The van der Waals surface area contributed by atoms with Crippen molar-refractivity contribution in [2.24, 2.45) is 5.92 Å². The molecule has 20 heavy (non-hydrogen) atoms. The highest BCUT2D eigenvalue weighted by Crippen LogP contribution is 2.23. The number of amides is 2. The molecule has 1 heterocycles. The lowest BCUT2D eigenvalue weighted by Crippen LogP contribution is -2.25. The molecule has 2 amide bonds. The number of benzene rings is 1. The number of likely N-dealkylation sites (tertiary alicyclic amines) is 1. The summed E-state index contributed by atoms with van der Waals surface area (Å²) in [6, 6.07) is 3.78. The fourth-order valence-corrected chi connectivity index (χ4v) is 2.07. The van der Waals surface area contributed by atoms with Crippen molar-refractivity contribution in [3.8, 4) is 5.75 Å². The van der Waals surface area contributed by atoms with E-state index < -0.39 is 11.9 Å². The van der Waals surface area contributed by atoms with E-state index in [1.807, 2.05) is 0 Å². The first kappa shape index (κ1) is 13.9. The highest BCUT2D eigenvalue weighted by atomic mass is 16.4. The van der Waals surface area contributed by atoms with Crippen LogP contribution in [-0.2, 0) is 9.59 Å². The molecule has 0 aromatic heterocycles. The van der Waals surface area contributed by atoms with Crippen molar-refractivity contribution in [1.82, 2.24) is 4.90 Å². The molecule has 0 radical (unpaired) electrons. The third kappa shape index (κ3) is 2.71. The minimum absolute atomic E-state index is 0.0953. The largest absolute Gasteiger partial charge is 0.507 e. The Hall–Kier alpha value is -2.57. The number of rotatable bonds is 3. The molecule has 0 spiro atoms. The van der Waals surface area contributed by atoms with Gasteiger partial charge >= 0.3 is 5.97 Å². The number of aromatic hydroxyl groups is 1. The van der Waals surface area contributed by atoms with Crippen molar-refractivity contribution >= 4 is 23.5 Å². The summed E-state index contributed by atoms with van der Waals surface area (Å²) in [6.45, 7) is 0.342. The lowest BCUT2D eigenvalue weighted by atomic mass is 10.1. The molecule has 7 nitrogen and oxygen atoms in total. The van der Waals surface area contributed by atoms with Gasteiger partial charge in [0.1, 0.15) is 11.3 Å². The number of anilines is 1. The van der Waals surface area contributed by atoms with Crippen LogP contribution in [0.2, 0.25) is 0 Å². The Morgan fingerprint density at radius 3 is 2.65 bits per heavy atom. The quantitative estimate of drug-likeness (QED) is 0.698. The predicted molar refractivity (Wildman–Crippen MR) is 69.4 cm³/mol.